The zero-order valence-electron chi connectivity index (χ0n) is 13.4. The van der Waals surface area contributed by atoms with E-state index in [0.29, 0.717) is 6.04 Å². The van der Waals surface area contributed by atoms with Gasteiger partial charge in [-0.05, 0) is 64.1 Å². The maximum Gasteiger partial charge on any atom is 0.119 e. The fraction of sp³-hybridized carbons (Fsp3) is 0.647. The molecular weight excluding hydrogens is 262 g/mol. The van der Waals surface area contributed by atoms with Gasteiger partial charge in [0.05, 0.1) is 0 Å². The van der Waals surface area contributed by atoms with Crippen molar-refractivity contribution in [2.45, 2.75) is 31.8 Å². The average Bonchev–Trinajstić information content (AvgIpc) is 2.65. The molecule has 2 rings (SSSR count). The number of rotatable bonds is 6. The van der Waals surface area contributed by atoms with E-state index in [9.17, 15) is 0 Å². The number of benzene rings is 1. The molecule has 118 valence electrons. The van der Waals surface area contributed by atoms with Gasteiger partial charge < -0.3 is 15.4 Å². The number of nitrogens with zero attached hydrogens (tertiary/aromatic N) is 2. The van der Waals surface area contributed by atoms with Gasteiger partial charge in [-0.25, -0.2) is 0 Å². The Morgan fingerprint density at radius 2 is 1.95 bits per heavy atom. The van der Waals surface area contributed by atoms with Gasteiger partial charge in [0.25, 0.3) is 0 Å². The normalized spacial score (nSPS) is 20.5. The molecular formula is C17H29N3O. The molecule has 1 saturated heterocycles. The summed E-state index contributed by atoms with van der Waals surface area (Å²) in [7, 11) is 4.11. The lowest BCUT2D eigenvalue weighted by Gasteiger charge is -2.20. The molecule has 1 aliphatic rings. The van der Waals surface area contributed by atoms with Gasteiger partial charge in [-0.2, -0.15) is 0 Å². The first-order valence-electron chi connectivity index (χ1n) is 7.98. The highest BCUT2D eigenvalue weighted by Gasteiger charge is 2.13. The SMILES string of the molecule is CN(C)CCOc1ccc(CN2CCCC(N)CC2)cc1. The van der Waals surface area contributed by atoms with Crippen LogP contribution in [0.5, 0.6) is 5.75 Å². The molecule has 0 saturated carbocycles. The Hall–Kier alpha value is -1.10. The zero-order valence-corrected chi connectivity index (χ0v) is 13.4. The molecule has 0 amide bonds. The van der Waals surface area contributed by atoms with E-state index in [1.807, 2.05) is 0 Å². The molecule has 1 fully saturated rings. The predicted molar refractivity (Wildman–Crippen MR) is 87.6 cm³/mol. The van der Waals surface area contributed by atoms with Gasteiger partial charge in [0.1, 0.15) is 12.4 Å². The topological polar surface area (TPSA) is 41.7 Å². The molecule has 1 aliphatic heterocycles. The van der Waals surface area contributed by atoms with Crippen LogP contribution in [-0.4, -0.2) is 56.2 Å². The fourth-order valence-electron chi connectivity index (χ4n) is 2.64. The van der Waals surface area contributed by atoms with Gasteiger partial charge >= 0.3 is 0 Å². The van der Waals surface area contributed by atoms with E-state index in [4.69, 9.17) is 10.5 Å². The van der Waals surface area contributed by atoms with Crippen LogP contribution in [0.4, 0.5) is 0 Å². The third-order valence-electron chi connectivity index (χ3n) is 4.00. The van der Waals surface area contributed by atoms with E-state index in [1.54, 1.807) is 0 Å². The van der Waals surface area contributed by atoms with Crippen LogP contribution in [-0.2, 0) is 6.54 Å². The van der Waals surface area contributed by atoms with Crippen LogP contribution >= 0.6 is 0 Å². The van der Waals surface area contributed by atoms with Crippen molar-refractivity contribution < 1.29 is 4.74 Å². The number of hydrogen-bond acceptors (Lipinski definition) is 4. The largest absolute Gasteiger partial charge is 0.492 e. The van der Waals surface area contributed by atoms with Gasteiger partial charge in [0, 0.05) is 19.1 Å². The zero-order chi connectivity index (χ0) is 15.1. The number of likely N-dealkylation sites (tertiary alicyclic amines) is 1. The fourth-order valence-corrected chi connectivity index (χ4v) is 2.64. The van der Waals surface area contributed by atoms with Crippen LogP contribution in [0.2, 0.25) is 0 Å². The van der Waals surface area contributed by atoms with Crippen LogP contribution in [0.15, 0.2) is 24.3 Å². The molecule has 0 aromatic heterocycles. The van der Waals surface area contributed by atoms with Crippen molar-refractivity contribution in [2.75, 3.05) is 40.3 Å². The first-order chi connectivity index (χ1) is 10.1. The highest BCUT2D eigenvalue weighted by atomic mass is 16.5. The highest BCUT2D eigenvalue weighted by Crippen LogP contribution is 2.16. The third-order valence-corrected chi connectivity index (χ3v) is 4.00. The predicted octanol–water partition coefficient (Wildman–Crippen LogP) is 1.94. The summed E-state index contributed by atoms with van der Waals surface area (Å²) in [4.78, 5) is 4.63. The van der Waals surface area contributed by atoms with Crippen LogP contribution in [0, 0.1) is 0 Å². The molecule has 0 spiro atoms. The third kappa shape index (κ3) is 6.04. The second-order valence-corrected chi connectivity index (χ2v) is 6.26. The maximum atomic E-state index is 6.03. The Bertz CT molecular complexity index is 405. The Kier molecular flexibility index (Phi) is 6.49. The molecule has 1 atom stereocenters. The van der Waals surface area contributed by atoms with Gasteiger partial charge in [-0.15, -0.1) is 0 Å². The lowest BCUT2D eigenvalue weighted by molar-refractivity contribution is 0.260. The summed E-state index contributed by atoms with van der Waals surface area (Å²) in [5, 5.41) is 0. The maximum absolute atomic E-state index is 6.03. The molecule has 1 heterocycles. The van der Waals surface area contributed by atoms with E-state index in [2.05, 4.69) is 48.2 Å². The Balaban J connectivity index is 1.79. The molecule has 4 nitrogen and oxygen atoms in total. The molecule has 1 aromatic rings. The molecule has 1 aromatic carbocycles. The first kappa shape index (κ1) is 16.3. The van der Waals surface area contributed by atoms with Crippen LogP contribution in [0.1, 0.15) is 24.8 Å². The standard InChI is InChI=1S/C17H29N3O/c1-19(2)12-13-21-17-7-5-15(6-8-17)14-20-10-3-4-16(18)9-11-20/h5-8,16H,3-4,9-14,18H2,1-2H3. The van der Waals surface area contributed by atoms with Crippen molar-refractivity contribution in [1.82, 2.24) is 9.80 Å². The minimum absolute atomic E-state index is 0.391. The Morgan fingerprint density at radius 3 is 2.67 bits per heavy atom. The molecule has 0 aliphatic carbocycles. The Morgan fingerprint density at radius 1 is 1.19 bits per heavy atom. The van der Waals surface area contributed by atoms with E-state index in [1.165, 1.54) is 12.0 Å². The first-order valence-corrected chi connectivity index (χ1v) is 7.98. The van der Waals surface area contributed by atoms with Crippen molar-refractivity contribution >= 4 is 0 Å². The minimum atomic E-state index is 0.391. The molecule has 2 N–H and O–H groups in total. The van der Waals surface area contributed by atoms with E-state index in [0.717, 1.165) is 51.4 Å². The minimum Gasteiger partial charge on any atom is -0.492 e. The number of nitrogens with two attached hydrogens (primary N) is 1. The smallest absolute Gasteiger partial charge is 0.119 e. The number of hydrogen-bond donors (Lipinski definition) is 1. The summed E-state index contributed by atoms with van der Waals surface area (Å²) < 4.78 is 5.72. The summed E-state index contributed by atoms with van der Waals surface area (Å²) in [6, 6.07) is 8.90. The number of likely N-dealkylation sites (N-methyl/N-ethyl adjacent to an activating group) is 1. The van der Waals surface area contributed by atoms with Gasteiger partial charge in [0.2, 0.25) is 0 Å². The van der Waals surface area contributed by atoms with E-state index < -0.39 is 0 Å². The quantitative estimate of drug-likeness (QED) is 0.870. The van der Waals surface area contributed by atoms with Crippen molar-refractivity contribution in [2.24, 2.45) is 5.73 Å². The van der Waals surface area contributed by atoms with Crippen molar-refractivity contribution in [3.8, 4) is 5.75 Å². The van der Waals surface area contributed by atoms with Crippen molar-refractivity contribution in [1.29, 1.82) is 0 Å². The second kappa shape index (κ2) is 8.37. The average molecular weight is 291 g/mol. The highest BCUT2D eigenvalue weighted by molar-refractivity contribution is 5.27. The van der Waals surface area contributed by atoms with Crippen LogP contribution in [0.25, 0.3) is 0 Å². The van der Waals surface area contributed by atoms with Crippen LogP contribution < -0.4 is 10.5 Å². The summed E-state index contributed by atoms with van der Waals surface area (Å²) >= 11 is 0. The van der Waals surface area contributed by atoms with Gasteiger partial charge in [-0.1, -0.05) is 12.1 Å². The molecule has 4 heteroatoms. The summed E-state index contributed by atoms with van der Waals surface area (Å²) in [6.07, 6.45) is 3.49. The van der Waals surface area contributed by atoms with Crippen molar-refractivity contribution in [3.63, 3.8) is 0 Å². The van der Waals surface area contributed by atoms with E-state index >= 15 is 0 Å². The van der Waals surface area contributed by atoms with Crippen molar-refractivity contribution in [3.05, 3.63) is 29.8 Å². The number of ether oxygens (including phenoxy) is 1. The molecule has 21 heavy (non-hydrogen) atoms. The second-order valence-electron chi connectivity index (χ2n) is 6.26. The van der Waals surface area contributed by atoms with Gasteiger partial charge in [-0.3, -0.25) is 4.90 Å². The summed E-state index contributed by atoms with van der Waals surface area (Å²) in [5.41, 5.74) is 7.38. The lowest BCUT2D eigenvalue weighted by atomic mass is 10.1. The monoisotopic (exact) mass is 291 g/mol. The summed E-state index contributed by atoms with van der Waals surface area (Å²) in [6.45, 7) is 4.97. The summed E-state index contributed by atoms with van der Waals surface area (Å²) in [5.74, 6) is 0.957. The lowest BCUT2D eigenvalue weighted by Crippen LogP contribution is -2.26. The van der Waals surface area contributed by atoms with E-state index in [-0.39, 0.29) is 0 Å². The molecule has 1 unspecified atom stereocenters. The van der Waals surface area contributed by atoms with Crippen LogP contribution in [0.3, 0.4) is 0 Å². The Labute approximate surface area is 128 Å². The molecule has 0 radical (unpaired) electrons. The van der Waals surface area contributed by atoms with Gasteiger partial charge in [0.15, 0.2) is 0 Å². The molecule has 0 bridgehead atoms.